The number of benzene rings is 1. The number of nitro benzene ring substituents is 1. The summed E-state index contributed by atoms with van der Waals surface area (Å²) in [5, 5.41) is 19.2. The molecule has 0 saturated heterocycles. The number of nitro groups is 1. The van der Waals surface area contributed by atoms with Crippen molar-refractivity contribution in [2.45, 2.75) is 25.0 Å². The molecule has 0 fully saturated rings. The summed E-state index contributed by atoms with van der Waals surface area (Å²) in [4.78, 5) is 21.2. The van der Waals surface area contributed by atoms with Crippen molar-refractivity contribution in [1.29, 1.82) is 0 Å². The minimum Gasteiger partial charge on any atom is -0.480 e. The number of rotatable bonds is 7. The third kappa shape index (κ3) is 4.03. The third-order valence-corrected chi connectivity index (χ3v) is 3.90. The molecule has 1 N–H and O–H groups in total. The van der Waals surface area contributed by atoms with E-state index < -0.39 is 16.1 Å². The molecule has 0 aliphatic rings. The SMILES string of the molecule is CCC(SCCc1ccccc1[N+](=O)[O-])C(=O)O. The first kappa shape index (κ1) is 14.5. The van der Waals surface area contributed by atoms with Gasteiger partial charge in [0.05, 0.1) is 4.92 Å². The van der Waals surface area contributed by atoms with Gasteiger partial charge in [-0.15, -0.1) is 11.8 Å². The Morgan fingerprint density at radius 2 is 2.17 bits per heavy atom. The minimum absolute atomic E-state index is 0.0986. The summed E-state index contributed by atoms with van der Waals surface area (Å²) in [6.45, 7) is 1.82. The molecule has 0 aromatic heterocycles. The number of para-hydroxylation sites is 1. The van der Waals surface area contributed by atoms with Crippen molar-refractivity contribution < 1.29 is 14.8 Å². The van der Waals surface area contributed by atoms with Crippen molar-refractivity contribution >= 4 is 23.4 Å². The van der Waals surface area contributed by atoms with E-state index in [1.54, 1.807) is 18.2 Å². The predicted molar refractivity (Wildman–Crippen MR) is 71.0 cm³/mol. The van der Waals surface area contributed by atoms with Crippen LogP contribution in [0.25, 0.3) is 0 Å². The first-order valence-corrected chi connectivity index (χ1v) is 6.67. The number of hydrogen-bond donors (Lipinski definition) is 1. The second-order valence-electron chi connectivity index (χ2n) is 3.74. The molecule has 0 amide bonds. The van der Waals surface area contributed by atoms with Gasteiger partial charge in [-0.25, -0.2) is 0 Å². The van der Waals surface area contributed by atoms with Crippen LogP contribution in [0.5, 0.6) is 0 Å². The second kappa shape index (κ2) is 7.00. The van der Waals surface area contributed by atoms with E-state index in [9.17, 15) is 14.9 Å². The molecule has 1 unspecified atom stereocenters. The summed E-state index contributed by atoms with van der Waals surface area (Å²) < 4.78 is 0. The molecule has 1 aromatic rings. The van der Waals surface area contributed by atoms with Gasteiger partial charge in [-0.05, 0) is 18.6 Å². The number of aryl methyl sites for hydroxylation is 1. The molecule has 1 atom stereocenters. The lowest BCUT2D eigenvalue weighted by Crippen LogP contribution is -2.15. The van der Waals surface area contributed by atoms with Crippen LogP contribution in [0.2, 0.25) is 0 Å². The van der Waals surface area contributed by atoms with Crippen LogP contribution in [-0.2, 0) is 11.2 Å². The molecule has 18 heavy (non-hydrogen) atoms. The van der Waals surface area contributed by atoms with Gasteiger partial charge in [0.15, 0.2) is 0 Å². The molecule has 0 heterocycles. The van der Waals surface area contributed by atoms with E-state index in [-0.39, 0.29) is 5.69 Å². The zero-order valence-electron chi connectivity index (χ0n) is 10.0. The van der Waals surface area contributed by atoms with E-state index in [0.29, 0.717) is 24.2 Å². The van der Waals surface area contributed by atoms with Crippen LogP contribution >= 0.6 is 11.8 Å². The number of hydrogen-bond acceptors (Lipinski definition) is 4. The highest BCUT2D eigenvalue weighted by molar-refractivity contribution is 8.00. The number of carbonyl (C=O) groups is 1. The Hall–Kier alpha value is -1.56. The largest absolute Gasteiger partial charge is 0.480 e. The molecule has 0 radical (unpaired) electrons. The molecule has 5 nitrogen and oxygen atoms in total. The molecule has 1 rings (SSSR count). The highest BCUT2D eigenvalue weighted by Crippen LogP contribution is 2.22. The zero-order chi connectivity index (χ0) is 13.5. The van der Waals surface area contributed by atoms with E-state index in [1.807, 2.05) is 6.92 Å². The summed E-state index contributed by atoms with van der Waals surface area (Å²) in [7, 11) is 0. The fourth-order valence-electron chi connectivity index (χ4n) is 1.58. The quantitative estimate of drug-likeness (QED) is 0.608. The number of thioether (sulfide) groups is 1. The Labute approximate surface area is 109 Å². The molecule has 98 valence electrons. The lowest BCUT2D eigenvalue weighted by molar-refractivity contribution is -0.385. The summed E-state index contributed by atoms with van der Waals surface area (Å²) in [5.41, 5.74) is 0.747. The third-order valence-electron chi connectivity index (χ3n) is 2.52. The molecule has 0 bridgehead atoms. The fraction of sp³-hybridized carbons (Fsp3) is 0.417. The maximum absolute atomic E-state index is 10.8. The topological polar surface area (TPSA) is 80.4 Å². The first-order valence-electron chi connectivity index (χ1n) is 5.63. The summed E-state index contributed by atoms with van der Waals surface area (Å²) in [5.74, 6) is -0.264. The summed E-state index contributed by atoms with van der Waals surface area (Å²) in [6.07, 6.45) is 1.06. The van der Waals surface area contributed by atoms with E-state index in [1.165, 1.54) is 17.8 Å². The standard InChI is InChI=1S/C12H15NO4S/c1-2-11(12(14)15)18-8-7-9-5-3-4-6-10(9)13(16)17/h3-6,11H,2,7-8H2,1H3,(H,14,15). The highest BCUT2D eigenvalue weighted by atomic mass is 32.2. The smallest absolute Gasteiger partial charge is 0.316 e. The molecule has 0 saturated carbocycles. The lowest BCUT2D eigenvalue weighted by Gasteiger charge is -2.09. The van der Waals surface area contributed by atoms with Gasteiger partial charge >= 0.3 is 5.97 Å². The summed E-state index contributed by atoms with van der Waals surface area (Å²) >= 11 is 1.32. The highest BCUT2D eigenvalue weighted by Gasteiger charge is 2.16. The maximum Gasteiger partial charge on any atom is 0.316 e. The van der Waals surface area contributed by atoms with Crippen LogP contribution < -0.4 is 0 Å². The number of carboxylic acid groups (broad SMARTS) is 1. The Bertz CT molecular complexity index is 436. The van der Waals surface area contributed by atoms with Crippen LogP contribution in [0.4, 0.5) is 5.69 Å². The molecule has 0 aliphatic heterocycles. The minimum atomic E-state index is -0.829. The van der Waals surface area contributed by atoms with Crippen LogP contribution in [0.3, 0.4) is 0 Å². The van der Waals surface area contributed by atoms with Crippen LogP contribution in [0.15, 0.2) is 24.3 Å². The molecule has 0 spiro atoms. The van der Waals surface area contributed by atoms with Gasteiger partial charge in [0.25, 0.3) is 5.69 Å². The first-order chi connectivity index (χ1) is 8.56. The van der Waals surface area contributed by atoms with Crippen molar-refractivity contribution in [3.8, 4) is 0 Å². The van der Waals surface area contributed by atoms with Gasteiger partial charge in [-0.3, -0.25) is 14.9 Å². The Balaban J connectivity index is 2.59. The number of nitrogens with zero attached hydrogens (tertiary/aromatic N) is 1. The van der Waals surface area contributed by atoms with E-state index >= 15 is 0 Å². The van der Waals surface area contributed by atoms with Crippen molar-refractivity contribution in [2.24, 2.45) is 0 Å². The van der Waals surface area contributed by atoms with Gasteiger partial charge in [0.2, 0.25) is 0 Å². The Morgan fingerprint density at radius 1 is 1.50 bits per heavy atom. The number of aliphatic carboxylic acids is 1. The normalized spacial score (nSPS) is 12.1. The maximum atomic E-state index is 10.8. The van der Waals surface area contributed by atoms with Gasteiger partial charge in [0.1, 0.15) is 5.25 Å². The molecule has 1 aromatic carbocycles. The number of carboxylic acids is 1. The monoisotopic (exact) mass is 269 g/mol. The van der Waals surface area contributed by atoms with E-state index in [0.717, 1.165) is 0 Å². The second-order valence-corrected chi connectivity index (χ2v) is 5.05. The van der Waals surface area contributed by atoms with E-state index in [2.05, 4.69) is 0 Å². The zero-order valence-corrected chi connectivity index (χ0v) is 10.9. The van der Waals surface area contributed by atoms with Gasteiger partial charge in [-0.1, -0.05) is 25.1 Å². The average molecular weight is 269 g/mol. The van der Waals surface area contributed by atoms with Crippen molar-refractivity contribution in [1.82, 2.24) is 0 Å². The van der Waals surface area contributed by atoms with Gasteiger partial charge in [0, 0.05) is 11.6 Å². The van der Waals surface area contributed by atoms with Gasteiger partial charge in [-0.2, -0.15) is 0 Å². The van der Waals surface area contributed by atoms with Crippen LogP contribution in [0.1, 0.15) is 18.9 Å². The molecular weight excluding hydrogens is 254 g/mol. The van der Waals surface area contributed by atoms with Crippen LogP contribution in [0, 0.1) is 10.1 Å². The van der Waals surface area contributed by atoms with E-state index in [4.69, 9.17) is 5.11 Å². The molecule has 6 heteroatoms. The lowest BCUT2D eigenvalue weighted by atomic mass is 10.1. The molecule has 0 aliphatic carbocycles. The van der Waals surface area contributed by atoms with Crippen molar-refractivity contribution in [2.75, 3.05) is 5.75 Å². The Kier molecular flexibility index (Phi) is 5.64. The summed E-state index contributed by atoms with van der Waals surface area (Å²) in [6, 6.07) is 6.55. The predicted octanol–water partition coefficient (Wildman–Crippen LogP) is 2.73. The molecular formula is C12H15NO4S. The van der Waals surface area contributed by atoms with Gasteiger partial charge < -0.3 is 5.11 Å². The average Bonchev–Trinajstić information content (AvgIpc) is 2.34. The van der Waals surface area contributed by atoms with Crippen molar-refractivity contribution in [3.63, 3.8) is 0 Å². The van der Waals surface area contributed by atoms with Crippen molar-refractivity contribution in [3.05, 3.63) is 39.9 Å². The Morgan fingerprint density at radius 3 is 2.72 bits per heavy atom. The van der Waals surface area contributed by atoms with Crippen LogP contribution in [-0.4, -0.2) is 27.0 Å². The fourth-order valence-corrected chi connectivity index (χ4v) is 2.58.